The second kappa shape index (κ2) is 6.42. The van der Waals surface area contributed by atoms with E-state index < -0.39 is 16.0 Å². The number of sulfonamides is 1. The molecule has 6 nitrogen and oxygen atoms in total. The average molecular weight is 328 g/mol. The Bertz CT molecular complexity index is 655. The van der Waals surface area contributed by atoms with E-state index in [1.807, 2.05) is 0 Å². The van der Waals surface area contributed by atoms with Gasteiger partial charge in [-0.3, -0.25) is 0 Å². The molecule has 1 fully saturated rings. The third-order valence-corrected chi connectivity index (χ3v) is 6.21. The van der Waals surface area contributed by atoms with Crippen molar-refractivity contribution in [3.63, 3.8) is 0 Å². The summed E-state index contributed by atoms with van der Waals surface area (Å²) >= 11 is 0. The van der Waals surface area contributed by atoms with Crippen LogP contribution in [0.15, 0.2) is 4.90 Å². The monoisotopic (exact) mass is 328 g/mol. The Morgan fingerprint density at radius 1 is 1.27 bits per heavy atom. The lowest BCUT2D eigenvalue weighted by Crippen LogP contribution is -2.38. The number of carbonyl (C=O) groups excluding carboxylic acids is 1. The van der Waals surface area contributed by atoms with Crippen LogP contribution in [0.2, 0.25) is 0 Å². The Labute approximate surface area is 131 Å². The first-order chi connectivity index (χ1) is 10.3. The number of ether oxygens (including phenoxy) is 1. The van der Waals surface area contributed by atoms with Gasteiger partial charge in [0.15, 0.2) is 0 Å². The highest BCUT2D eigenvalue weighted by molar-refractivity contribution is 7.89. The van der Waals surface area contributed by atoms with Crippen molar-refractivity contribution in [3.05, 3.63) is 17.0 Å². The Morgan fingerprint density at radius 3 is 2.41 bits per heavy atom. The summed E-state index contributed by atoms with van der Waals surface area (Å²) in [6.07, 6.45) is 1.69. The third kappa shape index (κ3) is 3.05. The number of aryl methyl sites for hydroxylation is 2. The van der Waals surface area contributed by atoms with Crippen molar-refractivity contribution in [1.82, 2.24) is 9.29 Å². The molecule has 124 valence electrons. The Kier molecular flexibility index (Phi) is 4.97. The maximum absolute atomic E-state index is 13.0. The zero-order chi connectivity index (χ0) is 16.5. The number of piperidine rings is 1. The first-order valence-electron chi connectivity index (χ1n) is 7.65. The smallest absolute Gasteiger partial charge is 0.341 e. The highest BCUT2D eigenvalue weighted by Crippen LogP contribution is 2.30. The van der Waals surface area contributed by atoms with E-state index >= 15 is 0 Å². The van der Waals surface area contributed by atoms with Crippen LogP contribution in [0, 0.1) is 19.8 Å². The highest BCUT2D eigenvalue weighted by atomic mass is 32.2. The molecule has 0 amide bonds. The number of nitrogens with one attached hydrogen (secondary N) is 1. The van der Waals surface area contributed by atoms with Crippen molar-refractivity contribution in [2.75, 3.05) is 19.7 Å². The quantitative estimate of drug-likeness (QED) is 0.860. The molecule has 1 aliphatic heterocycles. The SMILES string of the molecule is CCOC(=O)c1c(C)[nH]c(C)c1S(=O)(=O)N1CCC(C)CC1. The topological polar surface area (TPSA) is 79.5 Å². The number of hydrogen-bond acceptors (Lipinski definition) is 4. The minimum absolute atomic E-state index is 0.0676. The summed E-state index contributed by atoms with van der Waals surface area (Å²) in [5.41, 5.74) is 1.15. The lowest BCUT2D eigenvalue weighted by molar-refractivity contribution is 0.0521. The molecule has 1 N–H and O–H groups in total. The standard InChI is InChI=1S/C15H24N2O4S/c1-5-21-15(18)13-11(3)16-12(4)14(13)22(19,20)17-8-6-10(2)7-9-17/h10,16H,5-9H2,1-4H3. The van der Waals surface area contributed by atoms with Gasteiger partial charge in [-0.1, -0.05) is 6.92 Å². The van der Waals surface area contributed by atoms with Crippen LogP contribution < -0.4 is 0 Å². The van der Waals surface area contributed by atoms with Gasteiger partial charge in [0.1, 0.15) is 10.5 Å². The van der Waals surface area contributed by atoms with E-state index in [1.165, 1.54) is 4.31 Å². The van der Waals surface area contributed by atoms with Gasteiger partial charge in [0, 0.05) is 24.5 Å². The van der Waals surface area contributed by atoms with Crippen LogP contribution in [0.3, 0.4) is 0 Å². The maximum atomic E-state index is 13.0. The minimum atomic E-state index is -3.69. The molecule has 1 aromatic rings. The van der Waals surface area contributed by atoms with Crippen molar-refractivity contribution in [3.8, 4) is 0 Å². The summed E-state index contributed by atoms with van der Waals surface area (Å²) in [5.74, 6) is -0.0571. The van der Waals surface area contributed by atoms with Crippen LogP contribution in [0.4, 0.5) is 0 Å². The van der Waals surface area contributed by atoms with Crippen LogP contribution in [-0.2, 0) is 14.8 Å². The van der Waals surface area contributed by atoms with Crippen LogP contribution in [0.1, 0.15) is 48.4 Å². The number of carbonyl (C=O) groups is 1. The predicted molar refractivity (Wildman–Crippen MR) is 83.4 cm³/mol. The van der Waals surface area contributed by atoms with Crippen LogP contribution in [-0.4, -0.2) is 43.4 Å². The molecule has 0 unspecified atom stereocenters. The Hall–Kier alpha value is -1.34. The maximum Gasteiger partial charge on any atom is 0.341 e. The van der Waals surface area contributed by atoms with E-state index in [0.29, 0.717) is 30.4 Å². The largest absolute Gasteiger partial charge is 0.462 e. The second-order valence-corrected chi connectivity index (χ2v) is 7.76. The van der Waals surface area contributed by atoms with Gasteiger partial charge in [-0.25, -0.2) is 13.2 Å². The molecule has 2 rings (SSSR count). The summed E-state index contributed by atoms with van der Waals surface area (Å²) in [5, 5.41) is 0. The second-order valence-electron chi connectivity index (χ2n) is 5.89. The van der Waals surface area contributed by atoms with E-state index in [2.05, 4.69) is 11.9 Å². The van der Waals surface area contributed by atoms with Gasteiger partial charge < -0.3 is 9.72 Å². The summed E-state index contributed by atoms with van der Waals surface area (Å²) in [7, 11) is -3.69. The first-order valence-corrected chi connectivity index (χ1v) is 9.09. The molecule has 0 saturated carbocycles. The molecule has 7 heteroatoms. The Morgan fingerprint density at radius 2 is 1.86 bits per heavy atom. The van der Waals surface area contributed by atoms with E-state index in [0.717, 1.165) is 12.8 Å². The molecule has 2 heterocycles. The molecule has 1 aliphatic rings. The summed E-state index contributed by atoms with van der Waals surface area (Å²) in [4.78, 5) is 15.2. The molecule has 0 atom stereocenters. The van der Waals surface area contributed by atoms with Gasteiger partial charge in [-0.15, -0.1) is 0 Å². The van der Waals surface area contributed by atoms with Gasteiger partial charge in [-0.05, 0) is 39.5 Å². The zero-order valence-corrected chi connectivity index (χ0v) is 14.4. The number of aromatic nitrogens is 1. The van der Waals surface area contributed by atoms with Crippen LogP contribution >= 0.6 is 0 Å². The highest BCUT2D eigenvalue weighted by Gasteiger charge is 2.35. The van der Waals surface area contributed by atoms with Crippen molar-refractivity contribution in [2.24, 2.45) is 5.92 Å². The summed E-state index contributed by atoms with van der Waals surface area (Å²) < 4.78 is 32.4. The molecule has 0 bridgehead atoms. The lowest BCUT2D eigenvalue weighted by atomic mass is 10.0. The number of rotatable bonds is 4. The third-order valence-electron chi connectivity index (χ3n) is 4.14. The van der Waals surface area contributed by atoms with E-state index in [4.69, 9.17) is 4.74 Å². The van der Waals surface area contributed by atoms with Gasteiger partial charge >= 0.3 is 5.97 Å². The van der Waals surface area contributed by atoms with E-state index in [9.17, 15) is 13.2 Å². The van der Waals surface area contributed by atoms with Gasteiger partial charge in [0.05, 0.1) is 6.61 Å². The molecular weight excluding hydrogens is 304 g/mol. The van der Waals surface area contributed by atoms with Gasteiger partial charge in [-0.2, -0.15) is 4.31 Å². The van der Waals surface area contributed by atoms with Crippen molar-refractivity contribution in [2.45, 2.75) is 45.4 Å². The fraction of sp³-hybridized carbons (Fsp3) is 0.667. The average Bonchev–Trinajstić information content (AvgIpc) is 2.75. The summed E-state index contributed by atoms with van der Waals surface area (Å²) in [6, 6.07) is 0. The fourth-order valence-corrected chi connectivity index (χ4v) is 4.77. The van der Waals surface area contributed by atoms with Crippen LogP contribution in [0.25, 0.3) is 0 Å². The predicted octanol–water partition coefficient (Wildman–Crippen LogP) is 2.23. The molecule has 0 aliphatic carbocycles. The number of H-pyrrole nitrogens is 1. The number of esters is 1. The molecule has 22 heavy (non-hydrogen) atoms. The number of hydrogen-bond donors (Lipinski definition) is 1. The fourth-order valence-electron chi connectivity index (χ4n) is 2.88. The van der Waals surface area contributed by atoms with Crippen molar-refractivity contribution >= 4 is 16.0 Å². The molecule has 1 aromatic heterocycles. The Balaban J connectivity index is 2.45. The van der Waals surface area contributed by atoms with Crippen molar-refractivity contribution in [1.29, 1.82) is 0 Å². The minimum Gasteiger partial charge on any atom is -0.462 e. The number of aromatic amines is 1. The van der Waals surface area contributed by atoms with Crippen LogP contribution in [0.5, 0.6) is 0 Å². The molecule has 0 spiro atoms. The lowest BCUT2D eigenvalue weighted by Gasteiger charge is -2.29. The normalized spacial score (nSPS) is 17.6. The zero-order valence-electron chi connectivity index (χ0n) is 13.6. The summed E-state index contributed by atoms with van der Waals surface area (Å²) in [6.45, 7) is 8.40. The van der Waals surface area contributed by atoms with Gasteiger partial charge in [0.2, 0.25) is 10.0 Å². The van der Waals surface area contributed by atoms with E-state index in [-0.39, 0.29) is 17.1 Å². The number of nitrogens with zero attached hydrogens (tertiary/aromatic N) is 1. The van der Waals surface area contributed by atoms with E-state index in [1.54, 1.807) is 20.8 Å². The van der Waals surface area contributed by atoms with Gasteiger partial charge in [0.25, 0.3) is 0 Å². The molecular formula is C15H24N2O4S. The first kappa shape index (κ1) is 17.0. The molecule has 0 radical (unpaired) electrons. The molecule has 0 aromatic carbocycles. The van der Waals surface area contributed by atoms with Crippen molar-refractivity contribution < 1.29 is 17.9 Å². The molecule has 1 saturated heterocycles.